The molecule has 5 nitrogen and oxygen atoms in total. The zero-order chi connectivity index (χ0) is 12.4. The van der Waals surface area contributed by atoms with Crippen LogP contribution in [0, 0.1) is 0 Å². The molecule has 5 heteroatoms. The first kappa shape index (κ1) is 11.7. The Labute approximate surface area is 101 Å². The van der Waals surface area contributed by atoms with Crippen LogP contribution >= 0.6 is 0 Å². The number of nitrogens with one attached hydrogen (secondary N) is 1. The van der Waals surface area contributed by atoms with Crippen LogP contribution in [0.15, 0.2) is 12.3 Å². The summed E-state index contributed by atoms with van der Waals surface area (Å²) in [5.74, 6) is 1.45. The van der Waals surface area contributed by atoms with Crippen molar-refractivity contribution in [2.24, 2.45) is 0 Å². The van der Waals surface area contributed by atoms with Gasteiger partial charge in [-0.25, -0.2) is 0 Å². The molecule has 17 heavy (non-hydrogen) atoms. The molecular formula is C12H17N5. The number of aromatic nitrogens is 5. The van der Waals surface area contributed by atoms with Gasteiger partial charge in [-0.15, -0.1) is 10.2 Å². The molecule has 0 amide bonds. The normalized spacial score (nSPS) is 11.4. The second kappa shape index (κ2) is 4.61. The molecule has 90 valence electrons. The van der Waals surface area contributed by atoms with E-state index >= 15 is 0 Å². The molecular weight excluding hydrogens is 214 g/mol. The zero-order valence-corrected chi connectivity index (χ0v) is 10.6. The van der Waals surface area contributed by atoms with Crippen molar-refractivity contribution in [2.45, 2.75) is 39.5 Å². The van der Waals surface area contributed by atoms with Crippen molar-refractivity contribution in [3.05, 3.63) is 23.5 Å². The van der Waals surface area contributed by atoms with Crippen molar-refractivity contribution in [3.8, 4) is 11.4 Å². The highest BCUT2D eigenvalue weighted by atomic mass is 15.5. The standard InChI is InChI=1S/C12H17N5/c1-7(2)10-5-9(12-14-16-17-15-12)6-13-11(10)8(3)4/h5-8H,1-4H3,(H,14,15,16,17). The number of tetrazole rings is 1. The molecule has 0 radical (unpaired) electrons. The van der Waals surface area contributed by atoms with Gasteiger partial charge in [-0.1, -0.05) is 27.7 Å². The summed E-state index contributed by atoms with van der Waals surface area (Å²) in [4.78, 5) is 4.53. The van der Waals surface area contributed by atoms with Crippen LogP contribution in [0.1, 0.15) is 50.8 Å². The number of aromatic amines is 1. The fourth-order valence-corrected chi connectivity index (χ4v) is 1.84. The van der Waals surface area contributed by atoms with Gasteiger partial charge in [0, 0.05) is 17.5 Å². The predicted molar refractivity (Wildman–Crippen MR) is 65.6 cm³/mol. The van der Waals surface area contributed by atoms with Crippen molar-refractivity contribution in [1.82, 2.24) is 25.6 Å². The van der Waals surface area contributed by atoms with Gasteiger partial charge in [0.05, 0.1) is 0 Å². The van der Waals surface area contributed by atoms with E-state index in [-0.39, 0.29) is 0 Å². The molecule has 0 aliphatic heterocycles. The lowest BCUT2D eigenvalue weighted by Gasteiger charge is -2.15. The third kappa shape index (κ3) is 2.33. The van der Waals surface area contributed by atoms with Crippen molar-refractivity contribution in [2.75, 3.05) is 0 Å². The highest BCUT2D eigenvalue weighted by molar-refractivity contribution is 5.54. The molecule has 0 aliphatic carbocycles. The maximum atomic E-state index is 4.53. The predicted octanol–water partition coefficient (Wildman–Crippen LogP) is 2.51. The van der Waals surface area contributed by atoms with Crippen LogP contribution in [0.25, 0.3) is 11.4 Å². The summed E-state index contributed by atoms with van der Waals surface area (Å²) >= 11 is 0. The van der Waals surface area contributed by atoms with Gasteiger partial charge in [-0.2, -0.15) is 5.21 Å². The summed E-state index contributed by atoms with van der Waals surface area (Å²) in [6.45, 7) is 8.65. The Morgan fingerprint density at radius 3 is 2.41 bits per heavy atom. The lowest BCUT2D eigenvalue weighted by Crippen LogP contribution is -2.02. The summed E-state index contributed by atoms with van der Waals surface area (Å²) < 4.78 is 0. The van der Waals surface area contributed by atoms with Crippen molar-refractivity contribution in [3.63, 3.8) is 0 Å². The number of nitrogens with zero attached hydrogens (tertiary/aromatic N) is 4. The van der Waals surface area contributed by atoms with Crippen LogP contribution in [0.3, 0.4) is 0 Å². The lowest BCUT2D eigenvalue weighted by atomic mass is 9.94. The van der Waals surface area contributed by atoms with Gasteiger partial charge >= 0.3 is 0 Å². The monoisotopic (exact) mass is 231 g/mol. The Hall–Kier alpha value is -1.78. The first-order valence-corrected chi connectivity index (χ1v) is 5.83. The average molecular weight is 231 g/mol. The summed E-state index contributed by atoms with van der Waals surface area (Å²) in [6, 6.07) is 2.11. The van der Waals surface area contributed by atoms with E-state index in [0.717, 1.165) is 11.3 Å². The number of hydrogen-bond acceptors (Lipinski definition) is 4. The molecule has 0 unspecified atom stereocenters. The Balaban J connectivity index is 2.49. The van der Waals surface area contributed by atoms with Crippen molar-refractivity contribution >= 4 is 0 Å². The van der Waals surface area contributed by atoms with Gasteiger partial charge in [0.2, 0.25) is 5.82 Å². The number of hydrogen-bond donors (Lipinski definition) is 1. The van der Waals surface area contributed by atoms with E-state index in [1.54, 1.807) is 0 Å². The average Bonchev–Trinajstić information content (AvgIpc) is 2.81. The second-order valence-electron chi connectivity index (χ2n) is 4.74. The fraction of sp³-hybridized carbons (Fsp3) is 0.500. The molecule has 0 bridgehead atoms. The highest BCUT2D eigenvalue weighted by Gasteiger charge is 2.14. The Morgan fingerprint density at radius 1 is 1.12 bits per heavy atom. The molecule has 2 rings (SSSR count). The first-order valence-electron chi connectivity index (χ1n) is 5.83. The molecule has 0 saturated carbocycles. The molecule has 2 aromatic rings. The van der Waals surface area contributed by atoms with Gasteiger partial charge in [-0.3, -0.25) is 4.98 Å². The van der Waals surface area contributed by atoms with E-state index in [4.69, 9.17) is 0 Å². The maximum absolute atomic E-state index is 4.53. The van der Waals surface area contributed by atoms with Crippen molar-refractivity contribution in [1.29, 1.82) is 0 Å². The van der Waals surface area contributed by atoms with E-state index in [2.05, 4.69) is 59.4 Å². The second-order valence-corrected chi connectivity index (χ2v) is 4.74. The maximum Gasteiger partial charge on any atom is 0.206 e. The van der Waals surface area contributed by atoms with Crippen LogP contribution in [0.5, 0.6) is 0 Å². The molecule has 2 heterocycles. The van der Waals surface area contributed by atoms with Crippen LogP contribution < -0.4 is 0 Å². The van der Waals surface area contributed by atoms with E-state index in [0.29, 0.717) is 17.7 Å². The molecule has 0 fully saturated rings. The molecule has 2 aromatic heterocycles. The molecule has 0 aromatic carbocycles. The summed E-state index contributed by atoms with van der Waals surface area (Å²) in [6.07, 6.45) is 1.81. The number of pyridine rings is 1. The molecule has 0 atom stereocenters. The van der Waals surface area contributed by atoms with Gasteiger partial charge in [0.25, 0.3) is 0 Å². The van der Waals surface area contributed by atoms with Crippen molar-refractivity contribution < 1.29 is 0 Å². The first-order chi connectivity index (χ1) is 8.09. The molecule has 0 saturated heterocycles. The third-order valence-corrected chi connectivity index (χ3v) is 2.72. The van der Waals surface area contributed by atoms with Crippen LogP contribution in [-0.4, -0.2) is 25.6 Å². The third-order valence-electron chi connectivity index (χ3n) is 2.72. The SMILES string of the molecule is CC(C)c1cc(-c2nn[nH]n2)cnc1C(C)C. The molecule has 0 aliphatic rings. The fourth-order valence-electron chi connectivity index (χ4n) is 1.84. The summed E-state index contributed by atoms with van der Waals surface area (Å²) in [5.41, 5.74) is 3.31. The number of rotatable bonds is 3. The van der Waals surface area contributed by atoms with Crippen LogP contribution in [-0.2, 0) is 0 Å². The van der Waals surface area contributed by atoms with Gasteiger partial charge in [-0.05, 0) is 28.7 Å². The van der Waals surface area contributed by atoms with E-state index < -0.39 is 0 Å². The quantitative estimate of drug-likeness (QED) is 0.881. The van der Waals surface area contributed by atoms with E-state index in [1.807, 2.05) is 6.20 Å². The summed E-state index contributed by atoms with van der Waals surface area (Å²) in [7, 11) is 0. The minimum Gasteiger partial charge on any atom is -0.260 e. The lowest BCUT2D eigenvalue weighted by molar-refractivity contribution is 0.758. The van der Waals surface area contributed by atoms with Gasteiger partial charge in [0.15, 0.2) is 0 Å². The number of H-pyrrole nitrogens is 1. The minimum absolute atomic E-state index is 0.423. The Bertz CT molecular complexity index is 488. The molecule has 1 N–H and O–H groups in total. The minimum atomic E-state index is 0.423. The smallest absolute Gasteiger partial charge is 0.206 e. The molecule has 0 spiro atoms. The van der Waals surface area contributed by atoms with E-state index in [9.17, 15) is 0 Å². The zero-order valence-electron chi connectivity index (χ0n) is 10.6. The van der Waals surface area contributed by atoms with Gasteiger partial charge < -0.3 is 0 Å². The topological polar surface area (TPSA) is 67.3 Å². The van der Waals surface area contributed by atoms with Crippen LogP contribution in [0.4, 0.5) is 0 Å². The highest BCUT2D eigenvalue weighted by Crippen LogP contribution is 2.27. The summed E-state index contributed by atoms with van der Waals surface area (Å²) in [5, 5.41) is 14.0. The Morgan fingerprint density at radius 2 is 1.88 bits per heavy atom. The van der Waals surface area contributed by atoms with Gasteiger partial charge in [0.1, 0.15) is 0 Å². The largest absolute Gasteiger partial charge is 0.260 e. The van der Waals surface area contributed by atoms with E-state index in [1.165, 1.54) is 5.56 Å². The van der Waals surface area contributed by atoms with Crippen LogP contribution in [0.2, 0.25) is 0 Å². The Kier molecular flexibility index (Phi) is 3.17.